The fourth-order valence-electron chi connectivity index (χ4n) is 4.25. The Morgan fingerprint density at radius 3 is 2.63 bits per heavy atom. The molecule has 6 nitrogen and oxygen atoms in total. The minimum atomic E-state index is -0.656. The van der Waals surface area contributed by atoms with Crippen molar-refractivity contribution in [3.05, 3.63) is 82.9 Å². The summed E-state index contributed by atoms with van der Waals surface area (Å²) in [5.74, 6) is 8.91. The Balaban J connectivity index is 1.49. The monoisotopic (exact) mass is 421 g/mol. The Labute approximate surface area is 179 Å². The predicted octanol–water partition coefficient (Wildman–Crippen LogP) is 4.51. The molecule has 0 spiro atoms. The van der Waals surface area contributed by atoms with Crippen LogP contribution in [0.25, 0.3) is 0 Å². The van der Waals surface area contributed by atoms with Gasteiger partial charge < -0.3 is 9.84 Å². The van der Waals surface area contributed by atoms with Crippen LogP contribution in [0, 0.1) is 5.92 Å². The summed E-state index contributed by atoms with van der Waals surface area (Å²) in [6, 6.07) is 15.0. The normalized spacial score (nSPS) is 29.5. The van der Waals surface area contributed by atoms with Gasteiger partial charge in [-0.3, -0.25) is 4.99 Å². The average molecular weight is 422 g/mol. The number of halogens is 1. The number of aliphatic hydroxyl groups is 1. The summed E-state index contributed by atoms with van der Waals surface area (Å²) in [4.78, 5) is 9.16. The molecule has 5 rings (SSSR count). The molecule has 2 heterocycles. The Bertz CT molecular complexity index is 1130. The van der Waals surface area contributed by atoms with Gasteiger partial charge >= 0.3 is 0 Å². The first-order valence-electron chi connectivity index (χ1n) is 9.83. The number of benzene rings is 2. The number of rotatable bonds is 4. The van der Waals surface area contributed by atoms with Crippen molar-refractivity contribution in [2.24, 2.45) is 21.7 Å². The molecular weight excluding hydrogens is 400 g/mol. The van der Waals surface area contributed by atoms with Crippen LogP contribution in [0.2, 0.25) is 5.02 Å². The van der Waals surface area contributed by atoms with Crippen LogP contribution in [0.3, 0.4) is 0 Å². The topological polar surface area (TPSA) is 80.2 Å². The standard InChI is InChI=1S/C23H22ClN4O2/c1-23(29)12-15(13-23)21-20-14-26-9-10-28(20,25)22(27-21)18-8-7-17(11-19(18)24)30-16-5-3-2-4-6-16/h2-11,14-15,29H,12-13,25H2,1H3/q+1. The molecule has 3 N–H and O–H groups in total. The van der Waals surface area contributed by atoms with Gasteiger partial charge in [-0.25, -0.2) is 0 Å². The molecule has 1 unspecified atom stereocenters. The smallest absolute Gasteiger partial charge is 0.266 e. The zero-order valence-electron chi connectivity index (χ0n) is 16.5. The van der Waals surface area contributed by atoms with Crippen molar-refractivity contribution in [3.63, 3.8) is 0 Å². The number of nitrogens with two attached hydrogens (primary N) is 1. The van der Waals surface area contributed by atoms with Crippen molar-refractivity contribution in [2.75, 3.05) is 0 Å². The fourth-order valence-corrected chi connectivity index (χ4v) is 4.50. The van der Waals surface area contributed by atoms with Gasteiger partial charge in [0.05, 0.1) is 28.6 Å². The van der Waals surface area contributed by atoms with Crippen molar-refractivity contribution in [1.29, 1.82) is 0 Å². The number of ether oxygens (including phenoxy) is 1. The number of quaternary nitrogens is 1. The summed E-state index contributed by atoms with van der Waals surface area (Å²) in [6.45, 7) is 1.84. The number of hydrogen-bond acceptors (Lipinski definition) is 5. The lowest BCUT2D eigenvalue weighted by atomic mass is 9.70. The number of nitrogens with zero attached hydrogens (tertiary/aromatic N) is 3. The maximum Gasteiger partial charge on any atom is 0.266 e. The van der Waals surface area contributed by atoms with Crippen molar-refractivity contribution in [1.82, 2.24) is 0 Å². The van der Waals surface area contributed by atoms with Crippen molar-refractivity contribution < 1.29 is 14.4 Å². The van der Waals surface area contributed by atoms with E-state index in [2.05, 4.69) is 4.99 Å². The summed E-state index contributed by atoms with van der Waals surface area (Å²) in [5.41, 5.74) is 1.76. The molecule has 0 radical (unpaired) electrons. The van der Waals surface area contributed by atoms with Crippen LogP contribution in [0.1, 0.15) is 25.3 Å². The summed E-state index contributed by atoms with van der Waals surface area (Å²) in [5, 5.41) is 10.7. The molecule has 2 aromatic rings. The van der Waals surface area contributed by atoms with E-state index >= 15 is 0 Å². The average Bonchev–Trinajstić information content (AvgIpc) is 3.00. The van der Waals surface area contributed by atoms with E-state index in [9.17, 15) is 5.11 Å². The van der Waals surface area contributed by atoms with E-state index in [1.165, 1.54) is 0 Å². The molecule has 1 saturated carbocycles. The largest absolute Gasteiger partial charge is 0.457 e. The molecule has 0 aromatic heterocycles. The lowest BCUT2D eigenvalue weighted by molar-refractivity contribution is -0.750. The quantitative estimate of drug-likeness (QED) is 0.563. The molecule has 0 amide bonds. The van der Waals surface area contributed by atoms with Gasteiger partial charge in [-0.1, -0.05) is 29.8 Å². The highest BCUT2D eigenvalue weighted by Crippen LogP contribution is 2.47. The van der Waals surface area contributed by atoms with Gasteiger partial charge in [-0.2, -0.15) is 10.8 Å². The van der Waals surface area contributed by atoms with Gasteiger partial charge in [0.1, 0.15) is 23.4 Å². The van der Waals surface area contributed by atoms with Crippen LogP contribution >= 0.6 is 11.6 Å². The third kappa shape index (κ3) is 3.18. The van der Waals surface area contributed by atoms with E-state index in [0.29, 0.717) is 29.4 Å². The van der Waals surface area contributed by atoms with Crippen molar-refractivity contribution in [3.8, 4) is 11.5 Å². The first kappa shape index (κ1) is 19.2. The van der Waals surface area contributed by atoms with Crippen molar-refractivity contribution in [2.45, 2.75) is 25.4 Å². The Morgan fingerprint density at radius 1 is 1.17 bits per heavy atom. The Morgan fingerprint density at radius 2 is 1.93 bits per heavy atom. The summed E-state index contributed by atoms with van der Waals surface area (Å²) in [6.07, 6.45) is 6.51. The molecule has 7 heteroatoms. The molecule has 1 atom stereocenters. The molecule has 2 aromatic carbocycles. The Hall–Kier alpha value is -2.77. The Kier molecular flexibility index (Phi) is 4.41. The predicted molar refractivity (Wildman–Crippen MR) is 117 cm³/mol. The highest BCUT2D eigenvalue weighted by molar-refractivity contribution is 6.34. The number of hydrogen-bond donors (Lipinski definition) is 2. The third-order valence-electron chi connectivity index (χ3n) is 5.74. The second-order valence-corrected chi connectivity index (χ2v) is 8.63. The highest BCUT2D eigenvalue weighted by atomic mass is 35.5. The van der Waals surface area contributed by atoms with Crippen LogP contribution < -0.4 is 10.6 Å². The molecule has 1 fully saturated rings. The van der Waals surface area contributed by atoms with E-state index in [0.717, 1.165) is 22.7 Å². The van der Waals surface area contributed by atoms with E-state index in [1.54, 1.807) is 24.7 Å². The lowest BCUT2D eigenvalue weighted by Crippen LogP contribution is -2.53. The van der Waals surface area contributed by atoms with Crippen LogP contribution in [0.5, 0.6) is 11.5 Å². The number of aliphatic imine (C=N–C) groups is 2. The van der Waals surface area contributed by atoms with Crippen molar-refractivity contribution >= 4 is 23.7 Å². The van der Waals surface area contributed by atoms with Crippen LogP contribution in [0.4, 0.5) is 0 Å². The fraction of sp³-hybridized carbons (Fsp3) is 0.217. The summed E-state index contributed by atoms with van der Waals surface area (Å²) in [7, 11) is 0. The van der Waals surface area contributed by atoms with Gasteiger partial charge in [0.2, 0.25) is 5.70 Å². The van der Waals surface area contributed by atoms with Gasteiger partial charge in [0, 0.05) is 12.0 Å². The highest BCUT2D eigenvalue weighted by Gasteiger charge is 2.50. The van der Waals surface area contributed by atoms with Gasteiger partial charge in [0.25, 0.3) is 5.84 Å². The third-order valence-corrected chi connectivity index (χ3v) is 6.05. The first-order valence-corrected chi connectivity index (χ1v) is 10.2. The summed E-state index contributed by atoms with van der Waals surface area (Å²) < 4.78 is 5.80. The molecule has 0 bridgehead atoms. The second-order valence-electron chi connectivity index (χ2n) is 8.22. The molecular formula is C23H22ClN4O2+. The zero-order valence-corrected chi connectivity index (χ0v) is 17.3. The number of amidine groups is 1. The SMILES string of the molecule is CC1(O)CC(C2=C3C=NC=C[N+]3(N)C(c3ccc(Oc4ccccc4)cc3Cl)=N2)C1. The van der Waals surface area contributed by atoms with E-state index in [1.807, 2.05) is 49.4 Å². The van der Waals surface area contributed by atoms with Crippen LogP contribution in [-0.4, -0.2) is 27.3 Å². The van der Waals surface area contributed by atoms with Crippen LogP contribution in [0.15, 0.2) is 82.3 Å². The minimum Gasteiger partial charge on any atom is -0.457 e. The number of para-hydroxylation sites is 1. The van der Waals surface area contributed by atoms with E-state index in [-0.39, 0.29) is 10.5 Å². The molecule has 30 heavy (non-hydrogen) atoms. The lowest BCUT2D eigenvalue weighted by Gasteiger charge is -2.40. The van der Waals surface area contributed by atoms with E-state index < -0.39 is 5.60 Å². The second kappa shape index (κ2) is 6.89. The molecule has 0 saturated heterocycles. The molecule has 152 valence electrons. The maximum atomic E-state index is 10.2. The van der Waals surface area contributed by atoms with Crippen LogP contribution in [-0.2, 0) is 0 Å². The molecule has 3 aliphatic rings. The zero-order chi connectivity index (χ0) is 20.9. The van der Waals surface area contributed by atoms with Gasteiger partial charge in [0.15, 0.2) is 0 Å². The number of fused-ring (bicyclic) bond motifs is 1. The summed E-state index contributed by atoms with van der Waals surface area (Å²) >= 11 is 6.65. The van der Waals surface area contributed by atoms with Gasteiger partial charge in [-0.05, 0) is 44.0 Å². The van der Waals surface area contributed by atoms with E-state index in [4.69, 9.17) is 27.2 Å². The molecule has 1 aliphatic carbocycles. The molecule has 2 aliphatic heterocycles. The first-order chi connectivity index (χ1) is 14.4. The minimum absolute atomic E-state index is 0.0872. The number of allylic oxidation sites excluding steroid dienone is 2. The maximum absolute atomic E-state index is 10.2. The van der Waals surface area contributed by atoms with Gasteiger partial charge in [-0.15, -0.1) is 4.59 Å².